The molecule has 2 aromatic carbocycles. The molecule has 0 saturated heterocycles. The first-order valence-corrected chi connectivity index (χ1v) is 13.9. The number of alkyl halides is 3. The molecule has 1 heterocycles. The highest BCUT2D eigenvalue weighted by Crippen LogP contribution is 2.48. The fourth-order valence-electron chi connectivity index (χ4n) is 4.04. The van der Waals surface area contributed by atoms with Crippen molar-refractivity contribution >= 4 is 47.0 Å². The molecule has 4 rings (SSSR count). The number of halogens is 4. The Morgan fingerprint density at radius 3 is 2.30 bits per heavy atom. The summed E-state index contributed by atoms with van der Waals surface area (Å²) in [6, 6.07) is 11.8. The van der Waals surface area contributed by atoms with Crippen molar-refractivity contribution in [1.82, 2.24) is 25.6 Å². The van der Waals surface area contributed by atoms with Gasteiger partial charge in [0.15, 0.2) is 6.61 Å². The topological polar surface area (TPSA) is 167 Å². The number of hydrogen-bond donors (Lipinski definition) is 5. The Morgan fingerprint density at radius 2 is 1.68 bits per heavy atom. The minimum absolute atomic E-state index is 0.00854. The molecule has 44 heavy (non-hydrogen) atoms. The normalized spacial score (nSPS) is 14.2. The highest BCUT2D eigenvalue weighted by molar-refractivity contribution is 6.30. The molecule has 1 fully saturated rings. The lowest BCUT2D eigenvalue weighted by Crippen LogP contribution is -2.38. The summed E-state index contributed by atoms with van der Waals surface area (Å²) in [7, 11) is 0. The van der Waals surface area contributed by atoms with Gasteiger partial charge < -0.3 is 31.1 Å². The van der Waals surface area contributed by atoms with Crippen LogP contribution in [0.4, 0.5) is 30.8 Å². The van der Waals surface area contributed by atoms with E-state index in [1.165, 1.54) is 19.1 Å². The number of rotatable bonds is 14. The second-order valence-electron chi connectivity index (χ2n) is 10.1. The number of aliphatic carboxylic acids is 1. The third-order valence-corrected chi connectivity index (χ3v) is 6.75. The minimum atomic E-state index is -4.60. The van der Waals surface area contributed by atoms with Gasteiger partial charge in [0.2, 0.25) is 17.8 Å². The van der Waals surface area contributed by atoms with Crippen LogP contribution in [0.5, 0.6) is 6.01 Å². The molecule has 2 amide bonds. The number of aromatic nitrogens is 3. The van der Waals surface area contributed by atoms with Crippen molar-refractivity contribution in [3.05, 3.63) is 64.7 Å². The Kier molecular flexibility index (Phi) is 10.1. The summed E-state index contributed by atoms with van der Waals surface area (Å²) in [6.45, 7) is -0.0509. The van der Waals surface area contributed by atoms with E-state index in [9.17, 15) is 27.6 Å². The van der Waals surface area contributed by atoms with E-state index in [1.807, 2.05) is 12.1 Å². The molecule has 3 aromatic rings. The Labute approximate surface area is 254 Å². The highest BCUT2D eigenvalue weighted by Gasteiger charge is 2.45. The predicted molar refractivity (Wildman–Crippen MR) is 154 cm³/mol. The van der Waals surface area contributed by atoms with Gasteiger partial charge in [0.05, 0.1) is 5.54 Å². The molecule has 234 valence electrons. The van der Waals surface area contributed by atoms with E-state index in [0.717, 1.165) is 18.4 Å². The fraction of sp³-hybridized carbons (Fsp3) is 0.357. The van der Waals surface area contributed by atoms with Gasteiger partial charge in [-0.1, -0.05) is 23.7 Å². The van der Waals surface area contributed by atoms with Crippen molar-refractivity contribution in [3.63, 3.8) is 0 Å². The molecule has 5 N–H and O–H groups in total. The van der Waals surface area contributed by atoms with Gasteiger partial charge >= 0.3 is 18.2 Å². The summed E-state index contributed by atoms with van der Waals surface area (Å²) in [5.41, 5.74) is 1.15. The largest absolute Gasteiger partial charge is 0.480 e. The van der Waals surface area contributed by atoms with Gasteiger partial charge in [-0.3, -0.25) is 14.4 Å². The van der Waals surface area contributed by atoms with Gasteiger partial charge in [-0.15, -0.1) is 0 Å². The maximum absolute atomic E-state index is 12.8. The van der Waals surface area contributed by atoms with Gasteiger partial charge in [0, 0.05) is 29.2 Å². The third kappa shape index (κ3) is 9.42. The zero-order chi connectivity index (χ0) is 31.9. The van der Waals surface area contributed by atoms with E-state index in [4.69, 9.17) is 21.4 Å². The molecular formula is C28H29ClF3N7O5. The van der Waals surface area contributed by atoms with E-state index in [-0.39, 0.29) is 24.9 Å². The zero-order valence-corrected chi connectivity index (χ0v) is 24.1. The van der Waals surface area contributed by atoms with E-state index in [1.54, 1.807) is 24.3 Å². The van der Waals surface area contributed by atoms with Crippen LogP contribution in [-0.2, 0) is 15.1 Å². The van der Waals surface area contributed by atoms with Crippen LogP contribution in [0.2, 0.25) is 5.02 Å². The molecular weight excluding hydrogens is 607 g/mol. The first-order chi connectivity index (χ1) is 20.8. The number of ether oxygens (including phenoxy) is 1. The van der Waals surface area contributed by atoms with Gasteiger partial charge in [0.25, 0.3) is 5.91 Å². The molecule has 16 heteroatoms. The predicted octanol–water partition coefficient (Wildman–Crippen LogP) is 4.41. The molecule has 12 nitrogen and oxygen atoms in total. The molecule has 0 unspecified atom stereocenters. The smallest absolute Gasteiger partial charge is 0.422 e. The first kappa shape index (κ1) is 32.3. The summed E-state index contributed by atoms with van der Waals surface area (Å²) in [5, 5.41) is 20.5. The number of carboxylic acids is 1. The lowest BCUT2D eigenvalue weighted by Gasteiger charge is -2.19. The lowest BCUT2D eigenvalue weighted by molar-refractivity contribution is -0.154. The Hall–Kier alpha value is -4.66. The summed E-state index contributed by atoms with van der Waals surface area (Å²) in [5.74, 6) is -2.06. The van der Waals surface area contributed by atoms with Crippen LogP contribution in [0.15, 0.2) is 48.5 Å². The molecule has 0 bridgehead atoms. The van der Waals surface area contributed by atoms with Crippen LogP contribution in [0.1, 0.15) is 48.5 Å². The molecule has 1 aliphatic carbocycles. The maximum Gasteiger partial charge on any atom is 0.422 e. The first-order valence-electron chi connectivity index (χ1n) is 13.5. The monoisotopic (exact) mass is 635 g/mol. The van der Waals surface area contributed by atoms with Crippen molar-refractivity contribution in [2.45, 2.75) is 50.4 Å². The SMILES string of the molecule is C[C@@H](NC(=O)CCCNC(=O)c1ccc(Nc2nc(NC3(c4ccc(Cl)cc4)CC3)nc(OCC(F)(F)F)n2)cc1)C(=O)O. The molecule has 0 spiro atoms. The Morgan fingerprint density at radius 1 is 1.02 bits per heavy atom. The van der Waals surface area contributed by atoms with Crippen LogP contribution in [0.25, 0.3) is 0 Å². The summed E-state index contributed by atoms with van der Waals surface area (Å²) in [6.07, 6.45) is -2.78. The van der Waals surface area contributed by atoms with Crippen molar-refractivity contribution in [2.75, 3.05) is 23.8 Å². The fourth-order valence-corrected chi connectivity index (χ4v) is 4.16. The number of benzene rings is 2. The van der Waals surface area contributed by atoms with E-state index in [2.05, 4.69) is 36.2 Å². The van der Waals surface area contributed by atoms with Gasteiger partial charge in [0.1, 0.15) is 6.04 Å². The van der Waals surface area contributed by atoms with Crippen molar-refractivity contribution < 1.29 is 37.4 Å². The zero-order valence-electron chi connectivity index (χ0n) is 23.4. The number of carbonyl (C=O) groups excluding carboxylic acids is 2. The second-order valence-corrected chi connectivity index (χ2v) is 10.5. The Bertz CT molecular complexity index is 1490. The number of amides is 2. The number of nitrogens with zero attached hydrogens (tertiary/aromatic N) is 3. The molecule has 1 saturated carbocycles. The minimum Gasteiger partial charge on any atom is -0.480 e. The molecule has 1 aliphatic rings. The van der Waals surface area contributed by atoms with Crippen LogP contribution in [-0.4, -0.2) is 63.2 Å². The van der Waals surface area contributed by atoms with E-state index < -0.39 is 48.2 Å². The number of hydrogen-bond acceptors (Lipinski definition) is 9. The van der Waals surface area contributed by atoms with Crippen LogP contribution >= 0.6 is 11.6 Å². The Balaban J connectivity index is 1.38. The second kappa shape index (κ2) is 13.8. The maximum atomic E-state index is 12.8. The van der Waals surface area contributed by atoms with E-state index in [0.29, 0.717) is 22.7 Å². The summed E-state index contributed by atoms with van der Waals surface area (Å²) < 4.78 is 43.3. The molecule has 0 radical (unpaired) electrons. The third-order valence-electron chi connectivity index (χ3n) is 6.50. The summed E-state index contributed by atoms with van der Waals surface area (Å²) in [4.78, 5) is 47.3. The molecule has 0 aliphatic heterocycles. The average molecular weight is 636 g/mol. The standard InChI is InChI=1S/C28H29ClF3N7O5/c1-16(23(42)43)34-21(40)3-2-14-33-22(41)17-4-10-20(11-5-17)35-24-36-25(38-26(37-24)44-15-28(30,31)32)39-27(12-13-27)18-6-8-19(29)9-7-18/h4-11,16H,2-3,12-15H2,1H3,(H,33,41)(H,34,40)(H,42,43)(H2,35,36,37,38,39)/t16-/m1/s1. The number of carboxylic acid groups (broad SMARTS) is 1. The van der Waals surface area contributed by atoms with Gasteiger partial charge in [-0.05, 0) is 68.1 Å². The quantitative estimate of drug-likeness (QED) is 0.160. The van der Waals surface area contributed by atoms with Crippen LogP contribution in [0, 0.1) is 0 Å². The van der Waals surface area contributed by atoms with Crippen molar-refractivity contribution in [3.8, 4) is 6.01 Å². The highest BCUT2D eigenvalue weighted by atomic mass is 35.5. The number of carbonyl (C=O) groups is 3. The number of anilines is 3. The van der Waals surface area contributed by atoms with Crippen molar-refractivity contribution in [2.24, 2.45) is 0 Å². The molecule has 1 atom stereocenters. The summed E-state index contributed by atoms with van der Waals surface area (Å²) >= 11 is 6.00. The van der Waals surface area contributed by atoms with Crippen LogP contribution < -0.4 is 26.0 Å². The molecule has 1 aromatic heterocycles. The van der Waals surface area contributed by atoms with Gasteiger partial charge in [-0.2, -0.15) is 28.1 Å². The lowest BCUT2D eigenvalue weighted by atomic mass is 10.1. The van der Waals surface area contributed by atoms with Crippen LogP contribution in [0.3, 0.4) is 0 Å². The number of nitrogens with one attached hydrogen (secondary N) is 4. The van der Waals surface area contributed by atoms with Crippen molar-refractivity contribution in [1.29, 1.82) is 0 Å². The van der Waals surface area contributed by atoms with E-state index >= 15 is 0 Å². The van der Waals surface area contributed by atoms with Gasteiger partial charge in [-0.25, -0.2) is 0 Å². The average Bonchev–Trinajstić information content (AvgIpc) is 3.74.